The van der Waals surface area contributed by atoms with E-state index in [1.807, 2.05) is 48.0 Å². The monoisotopic (exact) mass is 577 g/mol. The molecule has 2 aliphatic heterocycles. The number of nitrogens with one attached hydrogen (secondary N) is 1. The van der Waals surface area contributed by atoms with Crippen LogP contribution in [-0.4, -0.2) is 68.0 Å². The van der Waals surface area contributed by atoms with Crippen LogP contribution < -0.4 is 15.0 Å². The van der Waals surface area contributed by atoms with Crippen molar-refractivity contribution in [2.24, 2.45) is 0 Å². The Bertz CT molecular complexity index is 1810. The highest BCUT2D eigenvalue weighted by Gasteiger charge is 2.33. The van der Waals surface area contributed by atoms with Crippen molar-refractivity contribution < 1.29 is 9.47 Å². The molecular weight excluding hydrogens is 542 g/mol. The summed E-state index contributed by atoms with van der Waals surface area (Å²) < 4.78 is 12.9. The average molecular weight is 578 g/mol. The molecule has 1 N–H and O–H groups in total. The van der Waals surface area contributed by atoms with Gasteiger partial charge in [-0.1, -0.05) is 42.5 Å². The highest BCUT2D eigenvalue weighted by Crippen LogP contribution is 2.33. The van der Waals surface area contributed by atoms with Crippen LogP contribution in [0.5, 0.6) is 11.5 Å². The van der Waals surface area contributed by atoms with E-state index in [2.05, 4.69) is 67.6 Å². The van der Waals surface area contributed by atoms with E-state index in [9.17, 15) is 4.79 Å². The number of piperazine rings is 1. The summed E-state index contributed by atoms with van der Waals surface area (Å²) in [5.74, 6) is 2.29. The Labute approximate surface area is 249 Å². The summed E-state index contributed by atoms with van der Waals surface area (Å²) in [6.45, 7) is 9.08. The SMILES string of the molecule is Cc1cc(C)c2cc([C@@H](c3nnnn3CCc3ccccc3)N3CCN(Cc4ccc5c(c4)OCO5)CC3)c(=O)[nH]c2c1. The zero-order valence-corrected chi connectivity index (χ0v) is 24.5. The molecule has 5 aromatic rings. The van der Waals surface area contributed by atoms with Gasteiger partial charge in [0.1, 0.15) is 6.04 Å². The van der Waals surface area contributed by atoms with Gasteiger partial charge >= 0.3 is 0 Å². The van der Waals surface area contributed by atoms with Crippen LogP contribution in [0.2, 0.25) is 0 Å². The Hall–Kier alpha value is -4.54. The van der Waals surface area contributed by atoms with Crippen LogP contribution in [0.1, 0.15) is 39.7 Å². The van der Waals surface area contributed by atoms with Gasteiger partial charge in [-0.3, -0.25) is 14.6 Å². The van der Waals surface area contributed by atoms with E-state index < -0.39 is 0 Å². The van der Waals surface area contributed by atoms with E-state index in [1.165, 1.54) is 11.1 Å². The number of aromatic amines is 1. The fourth-order valence-corrected chi connectivity index (χ4v) is 6.31. The van der Waals surface area contributed by atoms with Crippen molar-refractivity contribution in [3.05, 3.63) is 111 Å². The largest absolute Gasteiger partial charge is 0.454 e. The van der Waals surface area contributed by atoms with Crippen molar-refractivity contribution in [3.63, 3.8) is 0 Å². The van der Waals surface area contributed by atoms with E-state index in [0.717, 1.165) is 72.7 Å². The third kappa shape index (κ3) is 5.63. The lowest BCUT2D eigenvalue weighted by Crippen LogP contribution is -2.48. The molecule has 0 aliphatic carbocycles. The smallest absolute Gasteiger partial charge is 0.253 e. The van der Waals surface area contributed by atoms with E-state index in [-0.39, 0.29) is 18.4 Å². The molecule has 220 valence electrons. The van der Waals surface area contributed by atoms with E-state index in [4.69, 9.17) is 9.47 Å². The van der Waals surface area contributed by atoms with E-state index in [1.54, 1.807) is 0 Å². The zero-order chi connectivity index (χ0) is 29.3. The third-order valence-electron chi connectivity index (χ3n) is 8.51. The summed E-state index contributed by atoms with van der Waals surface area (Å²) in [6.07, 6.45) is 0.793. The molecule has 0 saturated carbocycles. The minimum Gasteiger partial charge on any atom is -0.454 e. The number of hydrogen-bond acceptors (Lipinski definition) is 8. The molecule has 0 bridgehead atoms. The number of ether oxygens (including phenoxy) is 2. The van der Waals surface area contributed by atoms with E-state index in [0.29, 0.717) is 17.9 Å². The topological polar surface area (TPSA) is 101 Å². The van der Waals surface area contributed by atoms with Gasteiger partial charge in [0.15, 0.2) is 17.3 Å². The first kappa shape index (κ1) is 27.3. The quantitative estimate of drug-likeness (QED) is 0.295. The lowest BCUT2D eigenvalue weighted by atomic mass is 9.99. The predicted molar refractivity (Wildman–Crippen MR) is 163 cm³/mol. The first-order valence-corrected chi connectivity index (χ1v) is 14.8. The van der Waals surface area contributed by atoms with Crippen LogP contribution in [0.15, 0.2) is 71.5 Å². The number of hydrogen-bond donors (Lipinski definition) is 1. The van der Waals surface area contributed by atoms with Gasteiger partial charge in [-0.15, -0.1) is 5.10 Å². The zero-order valence-electron chi connectivity index (χ0n) is 24.5. The molecular formula is C33H35N7O3. The molecule has 1 atom stereocenters. The van der Waals surface area contributed by atoms with E-state index >= 15 is 0 Å². The summed E-state index contributed by atoms with van der Waals surface area (Å²) >= 11 is 0. The molecule has 0 unspecified atom stereocenters. The summed E-state index contributed by atoms with van der Waals surface area (Å²) in [6, 6.07) is 22.3. The molecule has 7 rings (SSSR count). The molecule has 0 spiro atoms. The number of fused-ring (bicyclic) bond motifs is 2. The number of aromatic nitrogens is 5. The normalized spacial score (nSPS) is 16.1. The fourth-order valence-electron chi connectivity index (χ4n) is 6.31. The van der Waals surface area contributed by atoms with Gasteiger partial charge in [-0.05, 0) is 77.2 Å². The molecule has 3 aromatic carbocycles. The van der Waals surface area contributed by atoms with Crippen LogP contribution in [-0.2, 0) is 19.5 Å². The number of H-pyrrole nitrogens is 1. The summed E-state index contributed by atoms with van der Waals surface area (Å²) in [5.41, 5.74) is 6.06. The Morgan fingerprint density at radius 1 is 0.907 bits per heavy atom. The lowest BCUT2D eigenvalue weighted by Gasteiger charge is -2.38. The molecule has 10 heteroatoms. The maximum Gasteiger partial charge on any atom is 0.253 e. The average Bonchev–Trinajstić information content (AvgIpc) is 3.67. The lowest BCUT2D eigenvalue weighted by molar-refractivity contribution is 0.0996. The molecule has 43 heavy (non-hydrogen) atoms. The van der Waals surface area contributed by atoms with Crippen molar-refractivity contribution in [2.45, 2.75) is 39.4 Å². The number of tetrazole rings is 1. The second-order valence-corrected chi connectivity index (χ2v) is 11.5. The molecule has 2 aliphatic rings. The Kier molecular flexibility index (Phi) is 7.38. The fraction of sp³-hybridized carbons (Fsp3) is 0.333. The van der Waals surface area contributed by atoms with Gasteiger partial charge in [0, 0.05) is 55.7 Å². The second-order valence-electron chi connectivity index (χ2n) is 11.5. The third-order valence-corrected chi connectivity index (χ3v) is 8.51. The Balaban J connectivity index is 1.18. The number of pyridine rings is 1. The number of rotatable bonds is 8. The van der Waals surface area contributed by atoms with Gasteiger partial charge in [0.25, 0.3) is 5.56 Å². The van der Waals surface area contributed by atoms with Crippen LogP contribution >= 0.6 is 0 Å². The molecule has 0 amide bonds. The van der Waals surface area contributed by atoms with Crippen LogP contribution in [0, 0.1) is 13.8 Å². The van der Waals surface area contributed by atoms with Gasteiger partial charge in [0.2, 0.25) is 6.79 Å². The molecule has 0 radical (unpaired) electrons. The Morgan fingerprint density at radius 2 is 1.72 bits per heavy atom. The van der Waals surface area contributed by atoms with Gasteiger partial charge in [-0.2, -0.15) is 0 Å². The standard InChI is InChI=1S/C33H35N7O3/c1-22-16-23(2)26-19-27(33(41)34-28(26)17-22)31(32-35-36-37-40(32)11-10-24-6-4-3-5-7-24)39-14-12-38(13-15-39)20-25-8-9-29-30(18-25)43-21-42-29/h3-9,16-19,31H,10-15,20-21H2,1-2H3,(H,34,41)/t31-/m0/s1. The van der Waals surface area contributed by atoms with Crippen molar-refractivity contribution in [3.8, 4) is 11.5 Å². The number of nitrogens with zero attached hydrogens (tertiary/aromatic N) is 6. The maximum absolute atomic E-state index is 13.7. The summed E-state index contributed by atoms with van der Waals surface area (Å²) in [7, 11) is 0. The molecule has 1 saturated heterocycles. The summed E-state index contributed by atoms with van der Waals surface area (Å²) in [5, 5.41) is 14.0. The molecule has 10 nitrogen and oxygen atoms in total. The first-order valence-electron chi connectivity index (χ1n) is 14.8. The molecule has 1 fully saturated rings. The van der Waals surface area contributed by atoms with Crippen LogP contribution in [0.25, 0.3) is 10.9 Å². The summed E-state index contributed by atoms with van der Waals surface area (Å²) in [4.78, 5) is 21.7. The maximum atomic E-state index is 13.7. The number of benzene rings is 3. The predicted octanol–water partition coefficient (Wildman–Crippen LogP) is 4.01. The highest BCUT2D eigenvalue weighted by molar-refractivity contribution is 5.83. The van der Waals surface area contributed by atoms with Gasteiger partial charge < -0.3 is 14.5 Å². The van der Waals surface area contributed by atoms with Crippen molar-refractivity contribution >= 4 is 10.9 Å². The first-order chi connectivity index (χ1) is 21.0. The molecule has 4 heterocycles. The highest BCUT2D eigenvalue weighted by atomic mass is 16.7. The van der Waals surface area contributed by atoms with Crippen LogP contribution in [0.4, 0.5) is 0 Å². The van der Waals surface area contributed by atoms with Crippen molar-refractivity contribution in [2.75, 3.05) is 33.0 Å². The van der Waals surface area contributed by atoms with Crippen LogP contribution in [0.3, 0.4) is 0 Å². The Morgan fingerprint density at radius 3 is 2.56 bits per heavy atom. The van der Waals surface area contributed by atoms with Gasteiger partial charge in [-0.25, -0.2) is 4.68 Å². The van der Waals surface area contributed by atoms with Crippen molar-refractivity contribution in [1.82, 2.24) is 35.0 Å². The molecule has 2 aromatic heterocycles. The number of aryl methyl sites for hydroxylation is 4. The van der Waals surface area contributed by atoms with Crippen molar-refractivity contribution in [1.29, 1.82) is 0 Å². The minimum absolute atomic E-state index is 0.108. The second kappa shape index (κ2) is 11.6. The van der Waals surface area contributed by atoms with Gasteiger partial charge in [0.05, 0.1) is 0 Å². The minimum atomic E-state index is -0.382.